The van der Waals surface area contributed by atoms with E-state index in [4.69, 9.17) is 4.74 Å². The van der Waals surface area contributed by atoms with Gasteiger partial charge in [-0.1, -0.05) is 29.8 Å². The summed E-state index contributed by atoms with van der Waals surface area (Å²) >= 11 is 0. The molecule has 0 aliphatic carbocycles. The van der Waals surface area contributed by atoms with Gasteiger partial charge in [0.25, 0.3) is 0 Å². The van der Waals surface area contributed by atoms with Crippen molar-refractivity contribution in [3.63, 3.8) is 0 Å². The molecule has 120 valence electrons. The summed E-state index contributed by atoms with van der Waals surface area (Å²) < 4.78 is 5.03. The fraction of sp³-hybridized carbons (Fsp3) is 0.562. The quantitative estimate of drug-likeness (QED) is 0.303. The minimum atomic E-state index is 0. The van der Waals surface area contributed by atoms with Crippen molar-refractivity contribution < 1.29 is 4.74 Å². The molecule has 0 spiro atoms. The predicted octanol–water partition coefficient (Wildman–Crippen LogP) is 3.09. The molecule has 0 amide bonds. The van der Waals surface area contributed by atoms with Gasteiger partial charge in [-0.25, -0.2) is 0 Å². The Kier molecular flexibility index (Phi) is 12.4. The van der Waals surface area contributed by atoms with E-state index >= 15 is 0 Å². The Bertz CT molecular complexity index is 393. The monoisotopic (exact) mass is 405 g/mol. The molecule has 0 aliphatic heterocycles. The number of aryl methyl sites for hydroxylation is 1. The third-order valence-corrected chi connectivity index (χ3v) is 3.12. The van der Waals surface area contributed by atoms with Crippen molar-refractivity contribution in [2.24, 2.45) is 4.99 Å². The van der Waals surface area contributed by atoms with Crippen LogP contribution in [0.5, 0.6) is 0 Å². The van der Waals surface area contributed by atoms with Gasteiger partial charge in [0.05, 0.1) is 0 Å². The van der Waals surface area contributed by atoms with Gasteiger partial charge in [-0.3, -0.25) is 4.99 Å². The zero-order valence-corrected chi connectivity index (χ0v) is 15.6. The summed E-state index contributed by atoms with van der Waals surface area (Å²) in [6, 6.07) is 8.53. The molecule has 0 fully saturated rings. The Hall–Kier alpha value is -0.820. The van der Waals surface area contributed by atoms with E-state index < -0.39 is 0 Å². The summed E-state index contributed by atoms with van der Waals surface area (Å²) in [7, 11) is 3.55. The number of hydrogen-bond acceptors (Lipinski definition) is 2. The smallest absolute Gasteiger partial charge is 0.191 e. The molecule has 0 unspecified atom stereocenters. The topological polar surface area (TPSA) is 45.7 Å². The van der Waals surface area contributed by atoms with Crippen LogP contribution >= 0.6 is 24.0 Å². The largest absolute Gasteiger partial charge is 0.385 e. The number of aliphatic imine (C=N–C) groups is 1. The second-order valence-electron chi connectivity index (χ2n) is 4.89. The molecule has 0 saturated carbocycles. The second-order valence-corrected chi connectivity index (χ2v) is 4.89. The van der Waals surface area contributed by atoms with Gasteiger partial charge < -0.3 is 15.4 Å². The lowest BCUT2D eigenvalue weighted by Crippen LogP contribution is -2.37. The minimum Gasteiger partial charge on any atom is -0.385 e. The van der Waals surface area contributed by atoms with E-state index in [1.165, 1.54) is 17.5 Å². The number of hydrogen-bond donors (Lipinski definition) is 2. The number of methoxy groups -OCH3 is 1. The number of halogens is 1. The van der Waals surface area contributed by atoms with Crippen LogP contribution in [-0.2, 0) is 11.3 Å². The Labute approximate surface area is 145 Å². The molecule has 0 radical (unpaired) electrons. The highest BCUT2D eigenvalue weighted by Crippen LogP contribution is 2.02. The van der Waals surface area contributed by atoms with Crippen molar-refractivity contribution in [2.75, 3.05) is 27.3 Å². The van der Waals surface area contributed by atoms with Crippen molar-refractivity contribution in [3.05, 3.63) is 35.4 Å². The molecule has 2 N–H and O–H groups in total. The van der Waals surface area contributed by atoms with Crippen LogP contribution in [-0.4, -0.2) is 33.3 Å². The van der Waals surface area contributed by atoms with E-state index in [9.17, 15) is 0 Å². The Morgan fingerprint density at radius 1 is 1.10 bits per heavy atom. The van der Waals surface area contributed by atoms with Gasteiger partial charge in [-0.05, 0) is 31.7 Å². The highest BCUT2D eigenvalue weighted by atomic mass is 127. The van der Waals surface area contributed by atoms with Crippen LogP contribution in [0.4, 0.5) is 0 Å². The van der Waals surface area contributed by atoms with Crippen molar-refractivity contribution in [2.45, 2.75) is 32.7 Å². The summed E-state index contributed by atoms with van der Waals surface area (Å²) in [4.78, 5) is 4.22. The normalized spacial score (nSPS) is 10.9. The molecule has 0 aromatic heterocycles. The van der Waals surface area contributed by atoms with E-state index in [2.05, 4.69) is 46.8 Å². The average molecular weight is 405 g/mol. The van der Waals surface area contributed by atoms with Gasteiger partial charge in [-0.15, -0.1) is 24.0 Å². The van der Waals surface area contributed by atoms with E-state index in [1.807, 2.05) is 0 Å². The third kappa shape index (κ3) is 9.68. The summed E-state index contributed by atoms with van der Waals surface area (Å²) in [5, 5.41) is 6.65. The molecular formula is C16H28IN3O. The summed E-state index contributed by atoms with van der Waals surface area (Å²) in [5.41, 5.74) is 2.55. The average Bonchev–Trinajstić information content (AvgIpc) is 2.47. The van der Waals surface area contributed by atoms with E-state index in [1.54, 1.807) is 14.2 Å². The van der Waals surface area contributed by atoms with Crippen LogP contribution in [0.2, 0.25) is 0 Å². The van der Waals surface area contributed by atoms with Gasteiger partial charge >= 0.3 is 0 Å². The molecule has 0 atom stereocenters. The molecule has 21 heavy (non-hydrogen) atoms. The number of benzene rings is 1. The fourth-order valence-electron chi connectivity index (χ4n) is 1.87. The standard InChI is InChI=1S/C16H27N3O.HI/c1-14-7-9-15(10-8-14)13-19-16(17-2)18-11-5-4-6-12-20-3;/h7-10H,4-6,11-13H2,1-3H3,(H2,17,18,19);1H. The van der Waals surface area contributed by atoms with Gasteiger partial charge in [-0.2, -0.15) is 0 Å². The molecule has 0 saturated heterocycles. The van der Waals surface area contributed by atoms with Crippen LogP contribution in [0, 0.1) is 6.92 Å². The highest BCUT2D eigenvalue weighted by molar-refractivity contribution is 14.0. The van der Waals surface area contributed by atoms with E-state index in [0.29, 0.717) is 0 Å². The first-order valence-corrected chi connectivity index (χ1v) is 7.25. The van der Waals surface area contributed by atoms with Crippen molar-refractivity contribution in [1.82, 2.24) is 10.6 Å². The predicted molar refractivity (Wildman–Crippen MR) is 101 cm³/mol. The molecule has 0 aliphatic rings. The number of unbranched alkanes of at least 4 members (excludes halogenated alkanes) is 2. The SMILES string of the molecule is CN=C(NCCCCCOC)NCc1ccc(C)cc1.I. The van der Waals surface area contributed by atoms with Crippen LogP contribution in [0.15, 0.2) is 29.3 Å². The first-order chi connectivity index (χ1) is 9.76. The lowest BCUT2D eigenvalue weighted by Gasteiger charge is -2.12. The molecule has 1 rings (SSSR count). The van der Waals surface area contributed by atoms with Crippen molar-refractivity contribution in [3.8, 4) is 0 Å². The Morgan fingerprint density at radius 3 is 2.43 bits per heavy atom. The minimum absolute atomic E-state index is 0. The Morgan fingerprint density at radius 2 is 1.81 bits per heavy atom. The first kappa shape index (κ1) is 20.2. The Balaban J connectivity index is 0.00000400. The number of rotatable bonds is 8. The molecule has 0 heterocycles. The third-order valence-electron chi connectivity index (χ3n) is 3.12. The zero-order valence-electron chi connectivity index (χ0n) is 13.3. The number of guanidine groups is 1. The molecule has 5 heteroatoms. The summed E-state index contributed by atoms with van der Waals surface area (Å²) in [6.45, 7) is 4.68. The van der Waals surface area contributed by atoms with Gasteiger partial charge in [0.15, 0.2) is 5.96 Å². The zero-order chi connectivity index (χ0) is 14.6. The van der Waals surface area contributed by atoms with Gasteiger partial charge in [0, 0.05) is 33.9 Å². The summed E-state index contributed by atoms with van der Waals surface area (Å²) in [6.07, 6.45) is 3.43. The van der Waals surface area contributed by atoms with E-state index in [0.717, 1.165) is 38.5 Å². The number of nitrogens with one attached hydrogen (secondary N) is 2. The fourth-order valence-corrected chi connectivity index (χ4v) is 1.87. The molecule has 0 bridgehead atoms. The maximum atomic E-state index is 5.03. The maximum Gasteiger partial charge on any atom is 0.191 e. The van der Waals surface area contributed by atoms with E-state index in [-0.39, 0.29) is 24.0 Å². The molecule has 1 aromatic rings. The van der Waals surface area contributed by atoms with Gasteiger partial charge in [0.2, 0.25) is 0 Å². The highest BCUT2D eigenvalue weighted by Gasteiger charge is 1.98. The summed E-state index contributed by atoms with van der Waals surface area (Å²) in [5.74, 6) is 0.859. The maximum absolute atomic E-state index is 5.03. The van der Waals surface area contributed by atoms with Crippen molar-refractivity contribution >= 4 is 29.9 Å². The van der Waals surface area contributed by atoms with Crippen LogP contribution < -0.4 is 10.6 Å². The first-order valence-electron chi connectivity index (χ1n) is 7.25. The number of nitrogens with zero attached hydrogens (tertiary/aromatic N) is 1. The van der Waals surface area contributed by atoms with Crippen molar-refractivity contribution in [1.29, 1.82) is 0 Å². The molecule has 1 aromatic carbocycles. The molecular weight excluding hydrogens is 377 g/mol. The second kappa shape index (κ2) is 12.9. The lowest BCUT2D eigenvalue weighted by atomic mass is 10.1. The van der Waals surface area contributed by atoms with Crippen LogP contribution in [0.3, 0.4) is 0 Å². The lowest BCUT2D eigenvalue weighted by molar-refractivity contribution is 0.192. The van der Waals surface area contributed by atoms with Gasteiger partial charge in [0.1, 0.15) is 0 Å². The number of ether oxygens (including phenoxy) is 1. The van der Waals surface area contributed by atoms with Crippen LogP contribution in [0.25, 0.3) is 0 Å². The molecule has 4 nitrogen and oxygen atoms in total. The van der Waals surface area contributed by atoms with Crippen LogP contribution in [0.1, 0.15) is 30.4 Å².